The van der Waals surface area contributed by atoms with Gasteiger partial charge in [-0.3, -0.25) is 5.41 Å². The smallest absolute Gasteiger partial charge is 0.166 e. The predicted molar refractivity (Wildman–Crippen MR) is 122 cm³/mol. The Morgan fingerprint density at radius 3 is 2.81 bits per heavy atom. The van der Waals surface area contributed by atoms with Gasteiger partial charge in [0.2, 0.25) is 0 Å². The lowest BCUT2D eigenvalue weighted by Crippen LogP contribution is -2.19. The van der Waals surface area contributed by atoms with Crippen LogP contribution in [0, 0.1) is 16.6 Å². The number of aromatic nitrogens is 1. The zero-order chi connectivity index (χ0) is 22.5. The molecule has 2 heterocycles. The fourth-order valence-corrected chi connectivity index (χ4v) is 3.59. The van der Waals surface area contributed by atoms with E-state index in [2.05, 4.69) is 15.6 Å². The summed E-state index contributed by atoms with van der Waals surface area (Å²) in [5.41, 5.74) is 10.1. The highest BCUT2D eigenvalue weighted by Gasteiger charge is 2.23. The van der Waals surface area contributed by atoms with Gasteiger partial charge in [0.1, 0.15) is 11.9 Å². The minimum Gasteiger partial charge on any atom is -0.482 e. The minimum atomic E-state index is -0.575. The van der Waals surface area contributed by atoms with Gasteiger partial charge in [0.05, 0.1) is 5.71 Å². The zero-order valence-corrected chi connectivity index (χ0v) is 17.8. The minimum absolute atomic E-state index is 0.212. The molecule has 1 aromatic carbocycles. The Bertz CT molecular complexity index is 1080. The van der Waals surface area contributed by atoms with Crippen molar-refractivity contribution in [3.8, 4) is 5.75 Å². The van der Waals surface area contributed by atoms with Gasteiger partial charge in [-0.25, -0.2) is 9.37 Å². The standard InChI is InChI=1S/C23H27FN6O/c1-4-29-22-14(10-25)7-15(11-28-3)21(26)18-6-5-17(24)9-19(18)13(2)31-20-8-16(22)12-30-23(20)27/h5-6,8-13,25-26,28-29H,4,7H2,1-3H3,(H2,27,30)/b15-11-,22-14-,25-10?,26-21?. The number of fused-ring (bicyclic) bond motifs is 3. The van der Waals surface area contributed by atoms with Crippen LogP contribution in [0.15, 0.2) is 47.8 Å². The molecule has 0 aliphatic carbocycles. The first-order valence-electron chi connectivity index (χ1n) is 10.0. The molecule has 1 aromatic heterocycles. The SMILES string of the molecule is CCN/C1=C(\C=N)C/C(=C/NC)C(=N)c2ccc(F)cc2C(C)Oc2cc1cnc2N. The number of nitrogen functional groups attached to an aromatic ring is 1. The van der Waals surface area contributed by atoms with E-state index in [1.165, 1.54) is 18.3 Å². The molecule has 0 fully saturated rings. The van der Waals surface area contributed by atoms with Crippen molar-refractivity contribution in [2.24, 2.45) is 0 Å². The molecule has 2 bridgehead atoms. The maximum Gasteiger partial charge on any atom is 0.166 e. The predicted octanol–water partition coefficient (Wildman–Crippen LogP) is 3.79. The number of anilines is 1. The van der Waals surface area contributed by atoms with Crippen LogP contribution in [-0.2, 0) is 0 Å². The van der Waals surface area contributed by atoms with Crippen molar-refractivity contribution >= 4 is 23.4 Å². The first-order valence-corrected chi connectivity index (χ1v) is 10.0. The number of hydrogen-bond donors (Lipinski definition) is 5. The summed E-state index contributed by atoms with van der Waals surface area (Å²) < 4.78 is 20.2. The molecule has 0 radical (unpaired) electrons. The Morgan fingerprint density at radius 1 is 1.35 bits per heavy atom. The number of hydrogen-bond acceptors (Lipinski definition) is 7. The van der Waals surface area contributed by atoms with Crippen molar-refractivity contribution in [1.29, 1.82) is 10.8 Å². The Labute approximate surface area is 181 Å². The quantitative estimate of drug-likeness (QED) is 0.480. The van der Waals surface area contributed by atoms with Gasteiger partial charge in [0.25, 0.3) is 0 Å². The number of rotatable bonds is 4. The lowest BCUT2D eigenvalue weighted by Gasteiger charge is -2.23. The summed E-state index contributed by atoms with van der Waals surface area (Å²) in [6, 6.07) is 6.06. The molecule has 1 aliphatic rings. The highest BCUT2D eigenvalue weighted by molar-refractivity contribution is 6.12. The molecule has 162 valence electrons. The van der Waals surface area contributed by atoms with Crippen LogP contribution >= 0.6 is 0 Å². The van der Waals surface area contributed by atoms with Gasteiger partial charge in [-0.1, -0.05) is 0 Å². The van der Waals surface area contributed by atoms with Crippen molar-refractivity contribution < 1.29 is 9.13 Å². The molecule has 0 saturated heterocycles. The molecule has 3 rings (SSSR count). The van der Waals surface area contributed by atoms with Gasteiger partial charge in [-0.15, -0.1) is 0 Å². The number of halogens is 1. The Morgan fingerprint density at radius 2 is 2.13 bits per heavy atom. The summed E-state index contributed by atoms with van der Waals surface area (Å²) in [5, 5.41) is 23.2. The van der Waals surface area contributed by atoms with Gasteiger partial charge >= 0.3 is 0 Å². The second-order valence-electron chi connectivity index (χ2n) is 7.18. The number of ether oxygens (including phenoxy) is 1. The molecular formula is C23H27FN6O. The Kier molecular flexibility index (Phi) is 6.69. The number of allylic oxidation sites excluding steroid dienone is 2. The number of benzene rings is 1. The van der Waals surface area contributed by atoms with Crippen LogP contribution in [-0.4, -0.2) is 30.5 Å². The fourth-order valence-electron chi connectivity index (χ4n) is 3.59. The molecule has 0 spiro atoms. The summed E-state index contributed by atoms with van der Waals surface area (Å²) in [4.78, 5) is 4.27. The molecule has 2 aromatic rings. The molecule has 1 aliphatic heterocycles. The maximum absolute atomic E-state index is 14.1. The van der Waals surface area contributed by atoms with Crippen molar-refractivity contribution in [1.82, 2.24) is 15.6 Å². The van der Waals surface area contributed by atoms with Gasteiger partial charge in [0.15, 0.2) is 11.6 Å². The summed E-state index contributed by atoms with van der Waals surface area (Å²) in [6.07, 6.45) is 4.37. The third-order valence-corrected chi connectivity index (χ3v) is 5.06. The van der Waals surface area contributed by atoms with Crippen LogP contribution in [0.2, 0.25) is 0 Å². The third-order valence-electron chi connectivity index (χ3n) is 5.06. The van der Waals surface area contributed by atoms with Gasteiger partial charge in [-0.2, -0.15) is 0 Å². The summed E-state index contributed by atoms with van der Waals surface area (Å²) in [6.45, 7) is 4.38. The number of nitrogens with two attached hydrogens (primary N) is 1. The van der Waals surface area contributed by atoms with E-state index in [1.54, 1.807) is 38.5 Å². The van der Waals surface area contributed by atoms with Crippen molar-refractivity contribution in [3.63, 3.8) is 0 Å². The third kappa shape index (κ3) is 4.58. The van der Waals surface area contributed by atoms with Gasteiger partial charge in [0, 0.05) is 61.0 Å². The van der Waals surface area contributed by atoms with E-state index in [0.29, 0.717) is 46.6 Å². The average molecular weight is 423 g/mol. The van der Waals surface area contributed by atoms with Crippen LogP contribution in [0.1, 0.15) is 43.1 Å². The van der Waals surface area contributed by atoms with E-state index in [-0.39, 0.29) is 11.5 Å². The van der Waals surface area contributed by atoms with Crippen molar-refractivity contribution in [2.45, 2.75) is 26.4 Å². The van der Waals surface area contributed by atoms with E-state index >= 15 is 0 Å². The van der Waals surface area contributed by atoms with E-state index in [1.807, 2.05) is 6.92 Å². The Hall–Kier alpha value is -3.68. The van der Waals surface area contributed by atoms with Crippen LogP contribution < -0.4 is 21.1 Å². The monoisotopic (exact) mass is 422 g/mol. The molecule has 6 N–H and O–H groups in total. The first kappa shape index (κ1) is 22.0. The fraction of sp³-hybridized carbons (Fsp3) is 0.261. The molecule has 31 heavy (non-hydrogen) atoms. The maximum atomic E-state index is 14.1. The normalized spacial score (nSPS) is 20.2. The largest absolute Gasteiger partial charge is 0.482 e. The second-order valence-corrected chi connectivity index (χ2v) is 7.18. The summed E-state index contributed by atoms with van der Waals surface area (Å²) >= 11 is 0. The summed E-state index contributed by atoms with van der Waals surface area (Å²) in [5.74, 6) is 0.157. The van der Waals surface area contributed by atoms with Gasteiger partial charge < -0.3 is 26.5 Å². The molecule has 1 atom stereocenters. The molecule has 7 nitrogen and oxygen atoms in total. The molecule has 8 heteroatoms. The number of nitrogens with one attached hydrogen (secondary N) is 4. The first-order chi connectivity index (χ1) is 14.9. The molecule has 0 amide bonds. The highest BCUT2D eigenvalue weighted by Crippen LogP contribution is 2.33. The Balaban J connectivity index is 2.31. The topological polar surface area (TPSA) is 120 Å². The highest BCUT2D eigenvalue weighted by atomic mass is 19.1. The van der Waals surface area contributed by atoms with Crippen LogP contribution in [0.25, 0.3) is 5.70 Å². The number of nitrogens with zero attached hydrogens (tertiary/aromatic N) is 1. The van der Waals surface area contributed by atoms with Crippen LogP contribution in [0.4, 0.5) is 10.2 Å². The summed E-state index contributed by atoms with van der Waals surface area (Å²) in [7, 11) is 1.75. The van der Waals surface area contributed by atoms with Crippen LogP contribution in [0.5, 0.6) is 5.75 Å². The lowest BCUT2D eigenvalue weighted by molar-refractivity contribution is 0.227. The van der Waals surface area contributed by atoms with E-state index in [0.717, 1.165) is 5.70 Å². The van der Waals surface area contributed by atoms with Crippen molar-refractivity contribution in [2.75, 3.05) is 19.3 Å². The lowest BCUT2D eigenvalue weighted by atomic mass is 9.90. The molecule has 1 unspecified atom stereocenters. The molecule has 0 saturated carbocycles. The number of pyridine rings is 1. The van der Waals surface area contributed by atoms with E-state index in [4.69, 9.17) is 21.3 Å². The average Bonchev–Trinajstić information content (AvgIpc) is 2.76. The van der Waals surface area contributed by atoms with Gasteiger partial charge in [-0.05, 0) is 49.3 Å². The second kappa shape index (κ2) is 9.42. The van der Waals surface area contributed by atoms with Crippen molar-refractivity contribution in [3.05, 3.63) is 70.3 Å². The van der Waals surface area contributed by atoms with E-state index < -0.39 is 11.9 Å². The van der Waals surface area contributed by atoms with Crippen LogP contribution in [0.3, 0.4) is 0 Å². The van der Waals surface area contributed by atoms with E-state index in [9.17, 15) is 4.39 Å². The zero-order valence-electron chi connectivity index (χ0n) is 17.8. The molecular weight excluding hydrogens is 395 g/mol.